The number of hydrogen-bond donors (Lipinski definition) is 2. The van der Waals surface area contributed by atoms with Crippen LogP contribution in [0.2, 0.25) is 0 Å². The number of anilines is 3. The molecule has 1 fully saturated rings. The average molecular weight is 295 g/mol. The molecule has 1 aliphatic heterocycles. The molecule has 0 aromatic carbocycles. The van der Waals surface area contributed by atoms with Crippen molar-refractivity contribution in [3.05, 3.63) is 0 Å². The Kier molecular flexibility index (Phi) is 4.73. The number of carbonyl (C=O) groups is 1. The standard InChI is InChI=1S/C12H21N7O2/c1-3-18(4-2)11-15-10(14)16-12(17-11)19-5-6-21-7-8(19)9(13)20/h8H,3-7H2,1-2H3,(H2,13,20)(H2,14,15,16,17). The molecule has 4 N–H and O–H groups in total. The number of aromatic nitrogens is 3. The zero-order chi connectivity index (χ0) is 15.4. The number of rotatable bonds is 5. The van der Waals surface area contributed by atoms with Gasteiger partial charge in [0, 0.05) is 19.6 Å². The maximum atomic E-state index is 11.5. The van der Waals surface area contributed by atoms with Crippen LogP contribution in [0.3, 0.4) is 0 Å². The third kappa shape index (κ3) is 3.30. The SMILES string of the molecule is CCN(CC)c1nc(N)nc(N2CCOCC2C(N)=O)n1. The van der Waals surface area contributed by atoms with Gasteiger partial charge in [-0.2, -0.15) is 15.0 Å². The van der Waals surface area contributed by atoms with Crippen molar-refractivity contribution in [1.29, 1.82) is 0 Å². The summed E-state index contributed by atoms with van der Waals surface area (Å²) in [7, 11) is 0. The minimum Gasteiger partial charge on any atom is -0.377 e. The highest BCUT2D eigenvalue weighted by Gasteiger charge is 2.30. The van der Waals surface area contributed by atoms with Crippen molar-refractivity contribution in [3.63, 3.8) is 0 Å². The van der Waals surface area contributed by atoms with Crippen LogP contribution in [-0.4, -0.2) is 59.7 Å². The number of morpholine rings is 1. The predicted octanol–water partition coefficient (Wildman–Crippen LogP) is -1.01. The number of carbonyl (C=O) groups excluding carboxylic acids is 1. The second kappa shape index (κ2) is 6.53. The molecular formula is C12H21N7O2. The number of nitrogens with zero attached hydrogens (tertiary/aromatic N) is 5. The number of primary amides is 1. The van der Waals surface area contributed by atoms with Crippen molar-refractivity contribution >= 4 is 23.8 Å². The molecule has 1 saturated heterocycles. The van der Waals surface area contributed by atoms with E-state index in [4.69, 9.17) is 16.2 Å². The maximum Gasteiger partial charge on any atom is 0.242 e. The van der Waals surface area contributed by atoms with E-state index in [9.17, 15) is 4.79 Å². The maximum absolute atomic E-state index is 11.5. The lowest BCUT2D eigenvalue weighted by molar-refractivity contribution is -0.121. The van der Waals surface area contributed by atoms with Crippen LogP contribution in [0, 0.1) is 0 Å². The Bertz CT molecular complexity index is 506. The van der Waals surface area contributed by atoms with Gasteiger partial charge >= 0.3 is 0 Å². The summed E-state index contributed by atoms with van der Waals surface area (Å²) in [6.07, 6.45) is 0. The highest BCUT2D eigenvalue weighted by molar-refractivity contribution is 5.83. The Morgan fingerprint density at radius 2 is 2.10 bits per heavy atom. The van der Waals surface area contributed by atoms with E-state index in [-0.39, 0.29) is 12.6 Å². The third-order valence-corrected chi connectivity index (χ3v) is 3.39. The summed E-state index contributed by atoms with van der Waals surface area (Å²) in [5, 5.41) is 0. The number of amides is 1. The number of nitrogen functional groups attached to an aromatic ring is 1. The van der Waals surface area contributed by atoms with E-state index in [0.29, 0.717) is 25.0 Å². The van der Waals surface area contributed by atoms with Crippen molar-refractivity contribution < 1.29 is 9.53 Å². The molecule has 1 atom stereocenters. The fourth-order valence-corrected chi connectivity index (χ4v) is 2.22. The molecular weight excluding hydrogens is 274 g/mol. The zero-order valence-corrected chi connectivity index (χ0v) is 12.3. The van der Waals surface area contributed by atoms with Gasteiger partial charge in [0.25, 0.3) is 0 Å². The molecule has 1 aromatic heterocycles. The van der Waals surface area contributed by atoms with E-state index in [2.05, 4.69) is 15.0 Å². The van der Waals surface area contributed by atoms with E-state index in [1.165, 1.54) is 0 Å². The van der Waals surface area contributed by atoms with Crippen LogP contribution in [0.1, 0.15) is 13.8 Å². The molecule has 21 heavy (non-hydrogen) atoms. The third-order valence-electron chi connectivity index (χ3n) is 3.39. The summed E-state index contributed by atoms with van der Waals surface area (Å²) in [6, 6.07) is -0.592. The quantitative estimate of drug-likeness (QED) is 0.708. The lowest BCUT2D eigenvalue weighted by Gasteiger charge is -2.33. The van der Waals surface area contributed by atoms with E-state index >= 15 is 0 Å². The monoisotopic (exact) mass is 295 g/mol. The molecule has 2 rings (SSSR count). The fraction of sp³-hybridized carbons (Fsp3) is 0.667. The number of nitrogens with two attached hydrogens (primary N) is 2. The van der Waals surface area contributed by atoms with Gasteiger partial charge in [-0.3, -0.25) is 4.79 Å². The number of hydrogen-bond acceptors (Lipinski definition) is 8. The first-order valence-electron chi connectivity index (χ1n) is 6.97. The van der Waals surface area contributed by atoms with Crippen LogP contribution in [0.15, 0.2) is 0 Å². The second-order valence-corrected chi connectivity index (χ2v) is 4.65. The first kappa shape index (κ1) is 15.2. The molecule has 1 amide bonds. The summed E-state index contributed by atoms with van der Waals surface area (Å²) >= 11 is 0. The van der Waals surface area contributed by atoms with Crippen LogP contribution in [-0.2, 0) is 9.53 Å². The summed E-state index contributed by atoms with van der Waals surface area (Å²) in [6.45, 7) is 6.70. The van der Waals surface area contributed by atoms with Crippen LogP contribution in [0.4, 0.5) is 17.8 Å². The summed E-state index contributed by atoms with van der Waals surface area (Å²) in [4.78, 5) is 27.9. The molecule has 1 aliphatic rings. The van der Waals surface area contributed by atoms with Gasteiger partial charge in [-0.25, -0.2) is 0 Å². The lowest BCUT2D eigenvalue weighted by atomic mass is 10.2. The topological polar surface area (TPSA) is 123 Å². The molecule has 116 valence electrons. The Hall–Kier alpha value is -2.16. The average Bonchev–Trinajstić information content (AvgIpc) is 2.48. The van der Waals surface area contributed by atoms with Gasteiger partial charge in [-0.05, 0) is 13.8 Å². The largest absolute Gasteiger partial charge is 0.377 e. The van der Waals surface area contributed by atoms with Gasteiger partial charge in [-0.1, -0.05) is 0 Å². The van der Waals surface area contributed by atoms with Gasteiger partial charge in [0.2, 0.25) is 23.8 Å². The minimum atomic E-state index is -0.592. The Morgan fingerprint density at radius 1 is 1.38 bits per heavy atom. The van der Waals surface area contributed by atoms with Crippen LogP contribution in [0.5, 0.6) is 0 Å². The molecule has 1 aromatic rings. The highest BCUT2D eigenvalue weighted by atomic mass is 16.5. The minimum absolute atomic E-state index is 0.122. The predicted molar refractivity (Wildman–Crippen MR) is 78.9 cm³/mol. The van der Waals surface area contributed by atoms with Crippen LogP contribution < -0.4 is 21.3 Å². The smallest absolute Gasteiger partial charge is 0.242 e. The summed E-state index contributed by atoms with van der Waals surface area (Å²) < 4.78 is 5.29. The molecule has 9 nitrogen and oxygen atoms in total. The molecule has 0 spiro atoms. The summed E-state index contributed by atoms with van der Waals surface area (Å²) in [5.41, 5.74) is 11.2. The van der Waals surface area contributed by atoms with Gasteiger partial charge in [0.15, 0.2) is 0 Å². The Balaban J connectivity index is 2.35. The zero-order valence-electron chi connectivity index (χ0n) is 12.3. The van der Waals surface area contributed by atoms with Crippen molar-refractivity contribution in [3.8, 4) is 0 Å². The molecule has 9 heteroatoms. The van der Waals surface area contributed by atoms with E-state index in [1.54, 1.807) is 4.90 Å². The van der Waals surface area contributed by atoms with Gasteiger partial charge in [0.05, 0.1) is 13.2 Å². The summed E-state index contributed by atoms with van der Waals surface area (Å²) in [5.74, 6) is 0.503. The Labute approximate surface area is 123 Å². The highest BCUT2D eigenvalue weighted by Crippen LogP contribution is 2.19. The van der Waals surface area contributed by atoms with Crippen LogP contribution >= 0.6 is 0 Å². The molecule has 0 saturated carbocycles. The molecule has 0 radical (unpaired) electrons. The van der Waals surface area contributed by atoms with Crippen molar-refractivity contribution in [2.45, 2.75) is 19.9 Å². The Morgan fingerprint density at radius 3 is 2.71 bits per heavy atom. The fourth-order valence-electron chi connectivity index (χ4n) is 2.22. The van der Waals surface area contributed by atoms with Crippen molar-refractivity contribution in [1.82, 2.24) is 15.0 Å². The van der Waals surface area contributed by atoms with Crippen LogP contribution in [0.25, 0.3) is 0 Å². The van der Waals surface area contributed by atoms with Gasteiger partial charge in [-0.15, -0.1) is 0 Å². The number of ether oxygens (including phenoxy) is 1. The molecule has 2 heterocycles. The van der Waals surface area contributed by atoms with E-state index in [1.807, 2.05) is 18.7 Å². The van der Waals surface area contributed by atoms with Gasteiger partial charge < -0.3 is 26.0 Å². The van der Waals surface area contributed by atoms with E-state index < -0.39 is 11.9 Å². The molecule has 1 unspecified atom stereocenters. The molecule has 0 aliphatic carbocycles. The normalized spacial score (nSPS) is 18.6. The lowest BCUT2D eigenvalue weighted by Crippen LogP contribution is -2.53. The van der Waals surface area contributed by atoms with Crippen molar-refractivity contribution in [2.24, 2.45) is 5.73 Å². The van der Waals surface area contributed by atoms with Crippen molar-refractivity contribution in [2.75, 3.05) is 48.4 Å². The molecule has 0 bridgehead atoms. The first-order chi connectivity index (χ1) is 10.1. The second-order valence-electron chi connectivity index (χ2n) is 4.65. The first-order valence-corrected chi connectivity index (χ1v) is 6.97. The van der Waals surface area contributed by atoms with Gasteiger partial charge in [0.1, 0.15) is 6.04 Å². The van der Waals surface area contributed by atoms with E-state index in [0.717, 1.165) is 13.1 Å².